The van der Waals surface area contributed by atoms with E-state index in [2.05, 4.69) is 13.0 Å². The van der Waals surface area contributed by atoms with Crippen molar-refractivity contribution in [3.63, 3.8) is 0 Å². The summed E-state index contributed by atoms with van der Waals surface area (Å²) in [6, 6.07) is 0. The third-order valence-electron chi connectivity index (χ3n) is 4.24. The fourth-order valence-electron chi connectivity index (χ4n) is 3.12. The van der Waals surface area contributed by atoms with Gasteiger partial charge in [-0.25, -0.2) is 0 Å². The van der Waals surface area contributed by atoms with Crippen molar-refractivity contribution in [3.8, 4) is 0 Å². The molecule has 0 saturated heterocycles. The molecule has 3 heteroatoms. The number of carbonyl (C=O) groups is 1. The monoisotopic (exact) mass is 246 g/mol. The maximum atomic E-state index is 11.8. The summed E-state index contributed by atoms with van der Waals surface area (Å²) in [7, 11) is 1.53. The van der Waals surface area contributed by atoms with Gasteiger partial charge in [0.25, 0.3) is 0 Å². The summed E-state index contributed by atoms with van der Waals surface area (Å²) < 4.78 is 11.2. The molecular weight excluding hydrogens is 228 g/mol. The average Bonchev–Trinajstić information content (AvgIpc) is 2.35. The zero-order valence-corrected chi connectivity index (χ0v) is 10.9. The van der Waals surface area contributed by atoms with Crippen molar-refractivity contribution in [2.24, 2.45) is 5.92 Å². The molecule has 0 spiro atoms. The first-order valence-electron chi connectivity index (χ1n) is 6.55. The van der Waals surface area contributed by atoms with E-state index in [9.17, 15) is 4.79 Å². The Kier molecular flexibility index (Phi) is 2.58. The van der Waals surface area contributed by atoms with Gasteiger partial charge in [0.15, 0.2) is 5.76 Å². The molecule has 2 aliphatic carbocycles. The second-order valence-electron chi connectivity index (χ2n) is 5.47. The zero-order chi connectivity index (χ0) is 12.8. The highest BCUT2D eigenvalue weighted by Crippen LogP contribution is 2.45. The van der Waals surface area contributed by atoms with Crippen LogP contribution in [-0.2, 0) is 14.3 Å². The van der Waals surface area contributed by atoms with Crippen molar-refractivity contribution in [2.45, 2.75) is 38.2 Å². The van der Waals surface area contributed by atoms with Crippen molar-refractivity contribution < 1.29 is 14.3 Å². The molecule has 18 heavy (non-hydrogen) atoms. The van der Waals surface area contributed by atoms with Crippen molar-refractivity contribution >= 4 is 5.78 Å². The van der Waals surface area contributed by atoms with Gasteiger partial charge in [-0.3, -0.25) is 4.79 Å². The van der Waals surface area contributed by atoms with E-state index in [4.69, 9.17) is 9.47 Å². The second kappa shape index (κ2) is 4.01. The highest BCUT2D eigenvalue weighted by molar-refractivity contribution is 6.05. The molecule has 96 valence electrons. The summed E-state index contributed by atoms with van der Waals surface area (Å²) >= 11 is 0. The van der Waals surface area contributed by atoms with Gasteiger partial charge >= 0.3 is 0 Å². The van der Waals surface area contributed by atoms with Crippen LogP contribution in [0.15, 0.2) is 35.3 Å². The molecule has 2 atom stereocenters. The molecule has 3 nitrogen and oxygen atoms in total. The van der Waals surface area contributed by atoms with E-state index in [1.54, 1.807) is 12.2 Å². The maximum absolute atomic E-state index is 11.8. The number of methoxy groups -OCH3 is 1. The summed E-state index contributed by atoms with van der Waals surface area (Å²) in [6.07, 6.45) is 10.3. The molecule has 0 amide bonds. The maximum Gasteiger partial charge on any atom is 0.224 e. The lowest BCUT2D eigenvalue weighted by Crippen LogP contribution is -2.42. The molecule has 0 unspecified atom stereocenters. The average molecular weight is 246 g/mol. The second-order valence-corrected chi connectivity index (χ2v) is 5.47. The molecule has 3 aliphatic rings. The van der Waals surface area contributed by atoms with Crippen LogP contribution in [0.3, 0.4) is 0 Å². The number of ketones is 1. The topological polar surface area (TPSA) is 35.5 Å². The Labute approximate surface area is 107 Å². The molecule has 1 saturated carbocycles. The van der Waals surface area contributed by atoms with Crippen molar-refractivity contribution in [2.75, 3.05) is 7.11 Å². The number of fused-ring (bicyclic) bond motifs is 2. The van der Waals surface area contributed by atoms with Crippen LogP contribution in [0.5, 0.6) is 0 Å². The lowest BCUT2D eigenvalue weighted by Gasteiger charge is -2.44. The van der Waals surface area contributed by atoms with Crippen LogP contribution in [-0.4, -0.2) is 18.5 Å². The first kappa shape index (κ1) is 11.6. The zero-order valence-electron chi connectivity index (χ0n) is 10.9. The van der Waals surface area contributed by atoms with E-state index < -0.39 is 0 Å². The highest BCUT2D eigenvalue weighted by atomic mass is 16.5. The van der Waals surface area contributed by atoms with Gasteiger partial charge < -0.3 is 9.47 Å². The number of ether oxygens (including phenoxy) is 2. The SMILES string of the molecule is COC1=CC2=C[C@@H]3CCCC[C@]3(C)OC2=CC1=O. The standard InChI is InChI=1S/C15H18O3/c1-15-6-4-3-5-11(15)7-10-8-14(17-2)12(16)9-13(10)18-15/h7-9,11H,3-6H2,1-2H3/t11-,15-/m0/s1. The number of hydrogen-bond acceptors (Lipinski definition) is 3. The molecule has 1 aliphatic heterocycles. The largest absolute Gasteiger partial charge is 0.493 e. The molecular formula is C15H18O3. The predicted molar refractivity (Wildman–Crippen MR) is 67.7 cm³/mol. The van der Waals surface area contributed by atoms with E-state index >= 15 is 0 Å². The summed E-state index contributed by atoms with van der Waals surface area (Å²) in [6.45, 7) is 2.16. The van der Waals surface area contributed by atoms with Crippen LogP contribution >= 0.6 is 0 Å². The van der Waals surface area contributed by atoms with Gasteiger partial charge in [-0.1, -0.05) is 12.5 Å². The van der Waals surface area contributed by atoms with Crippen LogP contribution < -0.4 is 0 Å². The minimum absolute atomic E-state index is 0.109. The minimum Gasteiger partial charge on any atom is -0.493 e. The molecule has 1 fully saturated rings. The number of carbonyl (C=O) groups excluding carboxylic acids is 1. The van der Waals surface area contributed by atoms with E-state index in [1.165, 1.54) is 20.0 Å². The van der Waals surface area contributed by atoms with Crippen molar-refractivity contribution in [1.82, 2.24) is 0 Å². The van der Waals surface area contributed by atoms with Crippen LogP contribution in [0.4, 0.5) is 0 Å². The Balaban J connectivity index is 2.00. The smallest absolute Gasteiger partial charge is 0.224 e. The first-order chi connectivity index (χ1) is 8.62. The third-order valence-corrected chi connectivity index (χ3v) is 4.24. The van der Waals surface area contributed by atoms with Gasteiger partial charge in [-0.2, -0.15) is 0 Å². The Morgan fingerprint density at radius 3 is 3.00 bits per heavy atom. The molecule has 0 aromatic heterocycles. The van der Waals surface area contributed by atoms with Gasteiger partial charge in [0, 0.05) is 17.6 Å². The van der Waals surface area contributed by atoms with Crippen LogP contribution in [0.1, 0.15) is 32.6 Å². The van der Waals surface area contributed by atoms with E-state index in [-0.39, 0.29) is 11.4 Å². The molecule has 0 N–H and O–H groups in total. The fraction of sp³-hybridized carbons (Fsp3) is 0.533. The van der Waals surface area contributed by atoms with E-state index in [0.717, 1.165) is 18.4 Å². The lowest BCUT2D eigenvalue weighted by molar-refractivity contribution is -0.114. The van der Waals surface area contributed by atoms with Gasteiger partial charge in [0.05, 0.1) is 7.11 Å². The summed E-state index contributed by atoms with van der Waals surface area (Å²) in [5, 5.41) is 0. The molecule has 0 aromatic carbocycles. The quantitative estimate of drug-likeness (QED) is 0.713. The lowest BCUT2D eigenvalue weighted by atomic mass is 9.73. The van der Waals surface area contributed by atoms with Gasteiger partial charge in [0.1, 0.15) is 11.4 Å². The molecule has 1 heterocycles. The highest BCUT2D eigenvalue weighted by Gasteiger charge is 2.42. The van der Waals surface area contributed by atoms with Crippen LogP contribution in [0.2, 0.25) is 0 Å². The molecule has 3 rings (SSSR count). The van der Waals surface area contributed by atoms with Gasteiger partial charge in [0.2, 0.25) is 5.78 Å². The fourth-order valence-corrected chi connectivity index (χ4v) is 3.12. The van der Waals surface area contributed by atoms with E-state index in [0.29, 0.717) is 17.4 Å². The predicted octanol–water partition coefficient (Wildman–Crippen LogP) is 2.89. The number of rotatable bonds is 1. The Hall–Kier alpha value is -1.51. The molecule has 0 aromatic rings. The van der Waals surface area contributed by atoms with Crippen molar-refractivity contribution in [3.05, 3.63) is 35.3 Å². The molecule has 0 bridgehead atoms. The van der Waals surface area contributed by atoms with Crippen molar-refractivity contribution in [1.29, 1.82) is 0 Å². The minimum atomic E-state index is -0.133. The van der Waals surface area contributed by atoms with Crippen LogP contribution in [0, 0.1) is 5.92 Å². The van der Waals surface area contributed by atoms with Crippen LogP contribution in [0.25, 0.3) is 0 Å². The normalized spacial score (nSPS) is 34.4. The summed E-state index contributed by atoms with van der Waals surface area (Å²) in [5.41, 5.74) is 0.863. The summed E-state index contributed by atoms with van der Waals surface area (Å²) in [4.78, 5) is 11.8. The summed E-state index contributed by atoms with van der Waals surface area (Å²) in [5.74, 6) is 1.44. The first-order valence-corrected chi connectivity index (χ1v) is 6.55. The van der Waals surface area contributed by atoms with E-state index in [1.807, 2.05) is 0 Å². The Bertz CT molecular complexity index is 484. The number of allylic oxidation sites excluding steroid dienone is 2. The van der Waals surface area contributed by atoms with Gasteiger partial charge in [-0.15, -0.1) is 0 Å². The van der Waals surface area contributed by atoms with Gasteiger partial charge in [-0.05, 0) is 32.3 Å². The Morgan fingerprint density at radius 2 is 2.22 bits per heavy atom. The Morgan fingerprint density at radius 1 is 1.39 bits per heavy atom. The third kappa shape index (κ3) is 1.69. The molecule has 0 radical (unpaired) electrons. The number of hydrogen-bond donors (Lipinski definition) is 0.